The third-order valence-electron chi connectivity index (χ3n) is 1.70. The summed E-state index contributed by atoms with van der Waals surface area (Å²) in [5.41, 5.74) is 2.51. The van der Waals surface area contributed by atoms with Gasteiger partial charge in [-0.05, 0) is 0 Å². The minimum atomic E-state index is -3.39. The molecule has 1 amide bonds. The molecule has 7 heteroatoms. The number of carbonyl (C=O) groups excluding carboxylic acids is 1. The van der Waals surface area contributed by atoms with E-state index in [4.69, 9.17) is 7.05 Å². The molecule has 1 fully saturated rings. The summed E-state index contributed by atoms with van der Waals surface area (Å²) in [4.78, 5) is 10.7. The van der Waals surface area contributed by atoms with Crippen LogP contribution in [-0.2, 0) is 14.8 Å². The summed E-state index contributed by atoms with van der Waals surface area (Å²) < 4.78 is 23.4. The monoisotopic (exact) mass is 205 g/mol. The van der Waals surface area contributed by atoms with Crippen LogP contribution in [0.4, 0.5) is 0 Å². The number of rotatable bonds is 4. The lowest BCUT2D eigenvalue weighted by molar-refractivity contribution is -0.120. The Labute approximate surface area is 77.3 Å². The van der Waals surface area contributed by atoms with Gasteiger partial charge >= 0.3 is 0 Å². The summed E-state index contributed by atoms with van der Waals surface area (Å²) >= 11 is 0. The molecule has 1 rings (SSSR count). The van der Waals surface area contributed by atoms with Crippen molar-refractivity contribution in [2.45, 2.75) is 6.42 Å². The normalized spacial score (nSPS) is 19.0. The van der Waals surface area contributed by atoms with E-state index in [0.29, 0.717) is 13.0 Å². The summed E-state index contributed by atoms with van der Waals surface area (Å²) in [7, 11) is 1.38. The van der Waals surface area contributed by atoms with E-state index < -0.39 is 10.0 Å². The van der Waals surface area contributed by atoms with Crippen LogP contribution in [0.5, 0.6) is 0 Å². The van der Waals surface area contributed by atoms with E-state index in [1.54, 1.807) is 9.73 Å². The third-order valence-corrected chi connectivity index (χ3v) is 2.78. The van der Waals surface area contributed by atoms with E-state index in [0.717, 1.165) is 0 Å². The van der Waals surface area contributed by atoms with Crippen molar-refractivity contribution in [2.24, 2.45) is 0 Å². The Morgan fingerprint density at radius 1 is 1.62 bits per heavy atom. The highest BCUT2D eigenvalue weighted by Crippen LogP contribution is 1.97. The molecule has 0 aliphatic carbocycles. The Bertz CT molecular complexity index is 287. The van der Waals surface area contributed by atoms with Crippen LogP contribution in [0.1, 0.15) is 6.42 Å². The second-order valence-corrected chi connectivity index (χ2v) is 4.58. The maximum atomic E-state index is 10.9. The van der Waals surface area contributed by atoms with E-state index >= 15 is 0 Å². The summed E-state index contributed by atoms with van der Waals surface area (Å²) in [6.07, 6.45) is 0.413. The molecule has 2 N–H and O–H groups in total. The number of sulfonamides is 1. The topological polar surface area (TPSA) is 78.5 Å². The van der Waals surface area contributed by atoms with Crippen molar-refractivity contribution in [1.82, 2.24) is 15.2 Å². The predicted octanol–water partition coefficient (Wildman–Crippen LogP) is -1.69. The molecule has 1 saturated heterocycles. The molecule has 74 valence electrons. The zero-order valence-corrected chi connectivity index (χ0v) is 7.80. The molecule has 0 aromatic heterocycles. The van der Waals surface area contributed by atoms with Gasteiger partial charge in [0.2, 0.25) is 15.9 Å². The Balaban J connectivity index is 2.31. The van der Waals surface area contributed by atoms with Crippen molar-refractivity contribution in [2.75, 3.05) is 18.8 Å². The van der Waals surface area contributed by atoms with E-state index in [9.17, 15) is 13.2 Å². The summed E-state index contributed by atoms with van der Waals surface area (Å²) in [5, 5.41) is 1.55. The van der Waals surface area contributed by atoms with Crippen LogP contribution in [0.25, 0.3) is 0 Å². The van der Waals surface area contributed by atoms with Gasteiger partial charge in [0.1, 0.15) is 0 Å². The van der Waals surface area contributed by atoms with Gasteiger partial charge in [-0.3, -0.25) is 10.2 Å². The fourth-order valence-electron chi connectivity index (χ4n) is 0.982. The predicted molar refractivity (Wildman–Crippen MR) is 45.6 cm³/mol. The summed E-state index contributed by atoms with van der Waals surface area (Å²) in [6.45, 7) is 0.789. The van der Waals surface area contributed by atoms with Crippen LogP contribution in [0.2, 0.25) is 0 Å². The molecule has 0 atom stereocenters. The number of carbonyl (C=O) groups is 1. The smallest absolute Gasteiger partial charge is 0.235 e. The Kier molecular flexibility index (Phi) is 3.23. The fourth-order valence-corrected chi connectivity index (χ4v) is 1.56. The van der Waals surface area contributed by atoms with Gasteiger partial charge in [-0.2, -0.15) is 0 Å². The van der Waals surface area contributed by atoms with Gasteiger partial charge in [0.25, 0.3) is 0 Å². The van der Waals surface area contributed by atoms with Gasteiger partial charge in [0, 0.05) is 19.5 Å². The minimum Gasteiger partial charge on any atom is -0.289 e. The molecule has 0 unspecified atom stereocenters. The molecule has 0 aromatic rings. The van der Waals surface area contributed by atoms with Crippen LogP contribution >= 0.6 is 0 Å². The van der Waals surface area contributed by atoms with Gasteiger partial charge in [-0.1, -0.05) is 0 Å². The van der Waals surface area contributed by atoms with Crippen LogP contribution < -0.4 is 10.1 Å². The zero-order valence-electron chi connectivity index (χ0n) is 6.99. The Hall–Kier alpha value is -0.660. The van der Waals surface area contributed by atoms with Crippen molar-refractivity contribution >= 4 is 15.9 Å². The maximum Gasteiger partial charge on any atom is 0.235 e. The first-order valence-electron chi connectivity index (χ1n) is 3.78. The van der Waals surface area contributed by atoms with Gasteiger partial charge < -0.3 is 0 Å². The number of hydrogen-bond donors (Lipinski definition) is 2. The maximum absolute atomic E-state index is 10.9. The summed E-state index contributed by atoms with van der Waals surface area (Å²) in [5.74, 6) is -0.206. The zero-order chi connectivity index (χ0) is 9.90. The molecule has 1 heterocycles. The Morgan fingerprint density at radius 2 is 2.31 bits per heavy atom. The molecule has 1 aliphatic heterocycles. The average molecular weight is 205 g/mol. The Morgan fingerprint density at radius 3 is 2.77 bits per heavy atom. The van der Waals surface area contributed by atoms with E-state index in [2.05, 4.69) is 5.43 Å². The lowest BCUT2D eigenvalue weighted by Gasteiger charge is -2.13. The first kappa shape index (κ1) is 10.4. The summed E-state index contributed by atoms with van der Waals surface area (Å²) in [6, 6.07) is 0. The number of hydrazine groups is 1. The van der Waals surface area contributed by atoms with E-state index in [-0.39, 0.29) is 18.2 Å². The highest BCUT2D eigenvalue weighted by Gasteiger charge is 2.19. The standard InChI is InChI=1S/C6H11N3O3S/c1-7-13(11,12)5-4-9-3-2-6(10)8-9/h1,7H,2-5H2,(H,8,10). The van der Waals surface area contributed by atoms with Crippen molar-refractivity contribution < 1.29 is 13.2 Å². The highest BCUT2D eigenvalue weighted by molar-refractivity contribution is 7.89. The third kappa shape index (κ3) is 3.29. The highest BCUT2D eigenvalue weighted by atomic mass is 32.2. The number of amides is 1. The van der Waals surface area contributed by atoms with Gasteiger partial charge in [-0.15, -0.1) is 0 Å². The number of nitrogens with zero attached hydrogens (tertiary/aromatic N) is 1. The van der Waals surface area contributed by atoms with Gasteiger partial charge in [-0.25, -0.2) is 18.1 Å². The van der Waals surface area contributed by atoms with Crippen LogP contribution in [-0.4, -0.2) is 38.2 Å². The quantitative estimate of drug-likeness (QED) is 0.537. The molecule has 0 saturated carbocycles. The van der Waals surface area contributed by atoms with Crippen LogP contribution in [0.15, 0.2) is 0 Å². The largest absolute Gasteiger partial charge is 0.289 e. The molecule has 13 heavy (non-hydrogen) atoms. The SMILES string of the molecule is [CH]NS(=O)(=O)CCN1CCC(=O)N1. The second kappa shape index (κ2) is 4.03. The second-order valence-electron chi connectivity index (χ2n) is 2.71. The molecular formula is C6H11N3O3S. The molecule has 0 spiro atoms. The number of nitrogens with one attached hydrogen (secondary N) is 2. The molecule has 1 aliphatic rings. The average Bonchev–Trinajstić information content (AvgIpc) is 2.48. The van der Waals surface area contributed by atoms with Crippen molar-refractivity contribution in [1.29, 1.82) is 0 Å². The number of hydrogen-bond acceptors (Lipinski definition) is 4. The van der Waals surface area contributed by atoms with E-state index in [1.807, 2.05) is 0 Å². The lowest BCUT2D eigenvalue weighted by atomic mass is 10.4. The van der Waals surface area contributed by atoms with Gasteiger partial charge in [0.05, 0.1) is 12.8 Å². The molecular weight excluding hydrogens is 194 g/mol. The van der Waals surface area contributed by atoms with Crippen LogP contribution in [0.3, 0.4) is 0 Å². The molecule has 0 bridgehead atoms. The fraction of sp³-hybridized carbons (Fsp3) is 0.667. The molecule has 2 radical (unpaired) electrons. The molecule has 6 nitrogen and oxygen atoms in total. The molecule has 0 aromatic carbocycles. The van der Waals surface area contributed by atoms with Crippen molar-refractivity contribution in [3.63, 3.8) is 0 Å². The van der Waals surface area contributed by atoms with Crippen molar-refractivity contribution in [3.8, 4) is 0 Å². The first-order valence-corrected chi connectivity index (χ1v) is 5.43. The van der Waals surface area contributed by atoms with E-state index in [1.165, 1.54) is 0 Å². The van der Waals surface area contributed by atoms with Crippen molar-refractivity contribution in [3.05, 3.63) is 7.05 Å². The first-order chi connectivity index (χ1) is 6.03. The van der Waals surface area contributed by atoms with Crippen LogP contribution in [0, 0.1) is 7.05 Å². The minimum absolute atomic E-state index is 0.0851. The lowest BCUT2D eigenvalue weighted by Crippen LogP contribution is -2.38. The van der Waals surface area contributed by atoms with Gasteiger partial charge in [0.15, 0.2) is 0 Å².